The normalized spacial score (nSPS) is 0. The van der Waals surface area contributed by atoms with Crippen LogP contribution in [0.5, 0.6) is 0 Å². The van der Waals surface area contributed by atoms with E-state index in [0.717, 1.165) is 0 Å². The molecule has 0 aromatic heterocycles. The molecule has 0 aliphatic rings. The maximum atomic E-state index is 0. The Hall–Kier alpha value is 2.80. The Morgan fingerprint density at radius 1 is 0.167 bits per heavy atom. The van der Waals surface area contributed by atoms with Crippen molar-refractivity contribution in [2.75, 3.05) is 0 Å². The molecule has 0 N–H and O–H groups in total. The van der Waals surface area contributed by atoms with Gasteiger partial charge in [0.2, 0.25) is 0 Å². The largest absolute Gasteiger partial charge is 2.00 e. The van der Waals surface area contributed by atoms with Crippen LogP contribution in [-0.4, -0.2) is 0 Å². The first-order valence-corrected chi connectivity index (χ1v) is 0. The van der Waals surface area contributed by atoms with Gasteiger partial charge in [0.15, 0.2) is 0 Å². The molecule has 0 aliphatic carbocycles. The van der Waals surface area contributed by atoms with E-state index >= 15 is 0 Å². The second-order valence-electron chi connectivity index (χ2n) is 0. The van der Waals surface area contributed by atoms with E-state index in [1.807, 2.05) is 0 Å². The predicted molar refractivity (Wildman–Crippen MR) is 6.18 cm³/mol. The molecule has 0 aromatic rings. The number of hydrogen-bond acceptors (Lipinski definition) is 0. The Kier molecular flexibility index (Phi) is 8680. The van der Waals surface area contributed by atoms with Crippen molar-refractivity contribution < 1.29 is 143 Å². The second kappa shape index (κ2) is 289. The van der Waals surface area contributed by atoms with Crippen LogP contribution in [0.4, 0.5) is 0 Å². The summed E-state index contributed by atoms with van der Waals surface area (Å²) in [5.41, 5.74) is 0. The molecule has 0 bridgehead atoms. The Morgan fingerprint density at radius 3 is 0.167 bits per heavy atom. The van der Waals surface area contributed by atoms with Gasteiger partial charge in [0.1, 0.15) is 0 Å². The van der Waals surface area contributed by atoms with E-state index in [-0.39, 0.29) is 143 Å². The smallest absolute Gasteiger partial charge is 0 e. The third-order valence-corrected chi connectivity index (χ3v) is 0. The first kappa shape index (κ1) is 360. The van der Waals surface area contributed by atoms with Crippen LogP contribution in [0.25, 0.3) is 0 Å². The molecule has 84 valence electrons. The zero-order chi connectivity index (χ0) is 0. The molecule has 0 saturated carbocycles. The maximum absolute atomic E-state index is 0. The average Bonchev–Trinajstić information content (AvgIpc) is 0. The Morgan fingerprint density at radius 2 is 0.167 bits per heavy atom. The van der Waals surface area contributed by atoms with Crippen molar-refractivity contribution in [3.63, 3.8) is 0 Å². The van der Waals surface area contributed by atoms with E-state index in [1.165, 1.54) is 0 Å². The van der Waals surface area contributed by atoms with Crippen LogP contribution in [0.1, 0.15) is 0 Å². The summed E-state index contributed by atoms with van der Waals surface area (Å²) >= 11 is 0. The summed E-state index contributed by atoms with van der Waals surface area (Å²) < 4.78 is 0. The van der Waals surface area contributed by atoms with Gasteiger partial charge in [-0.15, -0.1) is 0 Å². The molecular formula is O9U3-18. The standard InChI is InChI=1S/9O.3U/q9*-2;;;. The molecule has 0 spiro atoms. The minimum Gasteiger partial charge on any atom is -2.00 e. The van der Waals surface area contributed by atoms with Crippen molar-refractivity contribution in [2.45, 2.75) is 0 Å². The summed E-state index contributed by atoms with van der Waals surface area (Å²) in [6, 6.07) is 0. The molecule has 0 amide bonds. The molecule has 0 aromatic carbocycles. The Bertz CT molecular complexity index is 9.74. The molecule has 0 radical (unpaired) electrons. The van der Waals surface area contributed by atoms with Gasteiger partial charge >= 0.3 is 0 Å². The van der Waals surface area contributed by atoms with E-state index in [0.29, 0.717) is 0 Å². The molecule has 0 rings (SSSR count). The molecule has 0 unspecified atom stereocenters. The summed E-state index contributed by atoms with van der Waals surface area (Å²) in [5, 5.41) is 0. The van der Waals surface area contributed by atoms with Crippen molar-refractivity contribution in [1.82, 2.24) is 0 Å². The molecule has 0 aliphatic heterocycles. The van der Waals surface area contributed by atoms with Crippen LogP contribution in [0.3, 0.4) is 0 Å². The van der Waals surface area contributed by atoms with Gasteiger partial charge in [0, 0.05) is 93.3 Å². The maximum Gasteiger partial charge on any atom is 0 e. The van der Waals surface area contributed by atoms with Crippen LogP contribution in [0.15, 0.2) is 0 Å². The molecule has 9 nitrogen and oxygen atoms in total. The van der Waals surface area contributed by atoms with Crippen LogP contribution in [0.2, 0.25) is 0 Å². The minimum atomic E-state index is 0. The zero-order valence-corrected chi connectivity index (χ0v) is 17.7. The third-order valence-electron chi connectivity index (χ3n) is 0. The Balaban J connectivity index is 0. The number of hydrogen-bond donors (Lipinski definition) is 0. The summed E-state index contributed by atoms with van der Waals surface area (Å²) in [4.78, 5) is 0. The topological polar surface area (TPSA) is 256 Å². The van der Waals surface area contributed by atoms with Crippen LogP contribution in [-0.2, 0) is 49.3 Å². The average molecular weight is 858 g/mol. The minimum absolute atomic E-state index is 0. The molecular weight excluding hydrogens is 858 g/mol. The van der Waals surface area contributed by atoms with E-state index in [9.17, 15) is 0 Å². The SMILES string of the molecule is [O-2].[O-2].[O-2].[O-2].[O-2].[O-2].[O-2].[O-2].[O-2].[U].[U].[U]. The van der Waals surface area contributed by atoms with Gasteiger partial charge in [0.05, 0.1) is 0 Å². The van der Waals surface area contributed by atoms with E-state index < -0.39 is 0 Å². The van der Waals surface area contributed by atoms with E-state index in [1.54, 1.807) is 0 Å². The summed E-state index contributed by atoms with van der Waals surface area (Å²) in [7, 11) is 0. The van der Waals surface area contributed by atoms with E-state index in [2.05, 4.69) is 0 Å². The molecule has 12 heteroatoms. The van der Waals surface area contributed by atoms with E-state index in [4.69, 9.17) is 0 Å². The van der Waals surface area contributed by atoms with Crippen LogP contribution in [0, 0.1) is 93.3 Å². The van der Waals surface area contributed by atoms with Crippen molar-refractivity contribution in [3.05, 3.63) is 0 Å². The fraction of sp³-hybridized carbons (Fsp3) is 0. The fourth-order valence-electron chi connectivity index (χ4n) is 0. The van der Waals surface area contributed by atoms with Crippen molar-refractivity contribution >= 4 is 0 Å². The van der Waals surface area contributed by atoms with Crippen molar-refractivity contribution in [3.8, 4) is 0 Å². The van der Waals surface area contributed by atoms with Gasteiger partial charge in [-0.25, -0.2) is 0 Å². The van der Waals surface area contributed by atoms with Gasteiger partial charge in [-0.05, 0) is 0 Å². The van der Waals surface area contributed by atoms with Gasteiger partial charge in [0.25, 0.3) is 0 Å². The molecule has 0 fully saturated rings. The second-order valence-corrected chi connectivity index (χ2v) is 0. The Labute approximate surface area is 140 Å². The third kappa shape index (κ3) is 228. The molecule has 0 heterocycles. The van der Waals surface area contributed by atoms with Crippen molar-refractivity contribution in [2.24, 2.45) is 0 Å². The monoisotopic (exact) mass is 858 g/mol. The first-order valence-electron chi connectivity index (χ1n) is 0. The van der Waals surface area contributed by atoms with Gasteiger partial charge in [-0.2, -0.15) is 0 Å². The molecule has 12 heavy (non-hydrogen) atoms. The number of rotatable bonds is 0. The fourth-order valence-corrected chi connectivity index (χ4v) is 0. The summed E-state index contributed by atoms with van der Waals surface area (Å²) in [6.45, 7) is 0. The quantitative estimate of drug-likeness (QED) is 0.282. The van der Waals surface area contributed by atoms with Gasteiger partial charge in [-0.3, -0.25) is 0 Å². The van der Waals surface area contributed by atoms with Crippen LogP contribution >= 0.6 is 0 Å². The zero-order valence-electron chi connectivity index (χ0n) is 5.17. The molecule has 0 saturated heterocycles. The van der Waals surface area contributed by atoms with Crippen LogP contribution < -0.4 is 0 Å². The van der Waals surface area contributed by atoms with Gasteiger partial charge in [-0.1, -0.05) is 0 Å². The summed E-state index contributed by atoms with van der Waals surface area (Å²) in [6.07, 6.45) is 0. The predicted octanol–water partition coefficient (Wildman–Crippen LogP) is -1.07. The molecule has 0 atom stereocenters. The van der Waals surface area contributed by atoms with Gasteiger partial charge < -0.3 is 49.3 Å². The first-order chi connectivity index (χ1) is 0. The van der Waals surface area contributed by atoms with Crippen molar-refractivity contribution in [1.29, 1.82) is 0 Å². The summed E-state index contributed by atoms with van der Waals surface area (Å²) in [5.74, 6) is 0.